The summed E-state index contributed by atoms with van der Waals surface area (Å²) in [5.74, 6) is 0.883. The first-order valence-electron chi connectivity index (χ1n) is 11.2. The van der Waals surface area contributed by atoms with Crippen LogP contribution in [0.4, 0.5) is 0 Å². The number of nitrogens with one attached hydrogen (secondary N) is 1. The van der Waals surface area contributed by atoms with E-state index in [1.165, 1.54) is 32.1 Å². The Morgan fingerprint density at radius 2 is 1.61 bits per heavy atom. The fraction of sp³-hybridized carbons (Fsp3) is 0.500. The van der Waals surface area contributed by atoms with Crippen molar-refractivity contribution in [1.82, 2.24) is 5.32 Å². The van der Waals surface area contributed by atoms with Crippen LogP contribution in [0, 0.1) is 0 Å². The second kappa shape index (κ2) is 14.1. The second-order valence-electron chi connectivity index (χ2n) is 7.88. The first-order valence-corrected chi connectivity index (χ1v) is 13.7. The molecule has 0 saturated carbocycles. The summed E-state index contributed by atoms with van der Waals surface area (Å²) in [6.45, 7) is 4.24. The average molecular weight is 512 g/mol. The number of unbranched alkanes of at least 4 members (excludes halogenated alkanes) is 5. The van der Waals surface area contributed by atoms with Gasteiger partial charge >= 0.3 is 7.60 Å². The van der Waals surface area contributed by atoms with Gasteiger partial charge in [0, 0.05) is 6.54 Å². The monoisotopic (exact) mass is 511 g/mol. The molecular formula is C24H35BrNO4P. The van der Waals surface area contributed by atoms with Crippen LogP contribution < -0.4 is 10.1 Å². The normalized spacial score (nSPS) is 11.6. The Morgan fingerprint density at radius 1 is 0.935 bits per heavy atom. The highest BCUT2D eigenvalue weighted by Crippen LogP contribution is 2.34. The molecule has 0 aliphatic carbocycles. The SMILES string of the molecule is CCCCCCCCOc1ccc(-c2ccc(CNCCCP(=O)(O)O)cc2)cc1Br. The molecule has 0 spiro atoms. The maximum Gasteiger partial charge on any atom is 0.325 e. The van der Waals surface area contributed by atoms with Gasteiger partial charge in [0.1, 0.15) is 5.75 Å². The first kappa shape index (κ1) is 26.1. The molecule has 0 radical (unpaired) electrons. The molecule has 0 aromatic heterocycles. The summed E-state index contributed by atoms with van der Waals surface area (Å²) in [4.78, 5) is 17.7. The van der Waals surface area contributed by atoms with Crippen molar-refractivity contribution in [3.05, 3.63) is 52.5 Å². The van der Waals surface area contributed by atoms with Gasteiger partial charge in [-0.05, 0) is 64.1 Å². The Bertz CT molecular complexity index is 823. The summed E-state index contributed by atoms with van der Waals surface area (Å²) < 4.78 is 17.7. The van der Waals surface area contributed by atoms with Crippen LogP contribution in [0.25, 0.3) is 11.1 Å². The van der Waals surface area contributed by atoms with Crippen molar-refractivity contribution < 1.29 is 19.1 Å². The van der Waals surface area contributed by atoms with Crippen LogP contribution in [-0.4, -0.2) is 29.1 Å². The van der Waals surface area contributed by atoms with Crippen LogP contribution in [0.3, 0.4) is 0 Å². The lowest BCUT2D eigenvalue weighted by Crippen LogP contribution is -2.15. The van der Waals surface area contributed by atoms with Crippen molar-refractivity contribution in [3.8, 4) is 16.9 Å². The number of benzene rings is 2. The molecule has 0 bridgehead atoms. The van der Waals surface area contributed by atoms with Gasteiger partial charge in [0.2, 0.25) is 0 Å². The largest absolute Gasteiger partial charge is 0.492 e. The zero-order valence-corrected chi connectivity index (χ0v) is 20.8. The van der Waals surface area contributed by atoms with Crippen LogP contribution in [0.2, 0.25) is 0 Å². The molecule has 7 heteroatoms. The molecule has 0 heterocycles. The summed E-state index contributed by atoms with van der Waals surface area (Å²) in [5, 5.41) is 3.22. The topological polar surface area (TPSA) is 78.8 Å². The van der Waals surface area contributed by atoms with Gasteiger partial charge in [0.25, 0.3) is 0 Å². The zero-order chi connectivity index (χ0) is 22.5. The van der Waals surface area contributed by atoms with Crippen LogP contribution in [-0.2, 0) is 11.1 Å². The number of ether oxygens (including phenoxy) is 1. The smallest absolute Gasteiger partial charge is 0.325 e. The van der Waals surface area contributed by atoms with Gasteiger partial charge in [-0.15, -0.1) is 0 Å². The lowest BCUT2D eigenvalue weighted by Gasteiger charge is -2.11. The summed E-state index contributed by atoms with van der Waals surface area (Å²) >= 11 is 3.63. The van der Waals surface area contributed by atoms with Crippen molar-refractivity contribution in [1.29, 1.82) is 0 Å². The highest BCUT2D eigenvalue weighted by molar-refractivity contribution is 9.10. The van der Waals surface area contributed by atoms with Crippen LogP contribution >= 0.6 is 23.5 Å². The quantitative estimate of drug-likeness (QED) is 0.187. The molecule has 0 saturated heterocycles. The van der Waals surface area contributed by atoms with Gasteiger partial charge in [-0.1, -0.05) is 69.4 Å². The van der Waals surface area contributed by atoms with Crippen LogP contribution in [0.15, 0.2) is 46.9 Å². The fourth-order valence-corrected chi connectivity index (χ4v) is 4.38. The molecule has 2 aromatic carbocycles. The Balaban J connectivity index is 1.77. The average Bonchev–Trinajstić information content (AvgIpc) is 2.73. The van der Waals surface area contributed by atoms with Crippen molar-refractivity contribution in [2.45, 2.75) is 58.4 Å². The minimum Gasteiger partial charge on any atom is -0.492 e. The van der Waals surface area contributed by atoms with E-state index < -0.39 is 7.60 Å². The van der Waals surface area contributed by atoms with E-state index in [2.05, 4.69) is 64.6 Å². The highest BCUT2D eigenvalue weighted by Gasteiger charge is 2.11. The van der Waals surface area contributed by atoms with Crippen molar-refractivity contribution >= 4 is 23.5 Å². The van der Waals surface area contributed by atoms with E-state index in [-0.39, 0.29) is 6.16 Å². The van der Waals surface area contributed by atoms with E-state index in [9.17, 15) is 4.57 Å². The first-order chi connectivity index (χ1) is 14.9. The standard InChI is InChI=1S/C24H35BrNO4P/c1-2-3-4-5-6-7-16-30-24-14-13-22(18-23(24)25)21-11-9-20(10-12-21)19-26-15-8-17-31(27,28)29/h9-14,18,26H,2-8,15-17,19H2,1H3,(H2,27,28,29). The highest BCUT2D eigenvalue weighted by atomic mass is 79.9. The van der Waals surface area contributed by atoms with Crippen molar-refractivity contribution in [3.63, 3.8) is 0 Å². The van der Waals surface area contributed by atoms with Gasteiger partial charge in [0.05, 0.1) is 17.2 Å². The lowest BCUT2D eigenvalue weighted by atomic mass is 10.0. The van der Waals surface area contributed by atoms with Gasteiger partial charge < -0.3 is 19.8 Å². The molecule has 5 nitrogen and oxygen atoms in total. The Hall–Kier alpha value is -1.17. The molecule has 31 heavy (non-hydrogen) atoms. The third-order valence-electron chi connectivity index (χ3n) is 5.11. The van der Waals surface area contributed by atoms with Gasteiger partial charge in [0.15, 0.2) is 0 Å². The summed E-state index contributed by atoms with van der Waals surface area (Å²) in [7, 11) is -3.89. The molecule has 2 rings (SSSR count). The predicted octanol–water partition coefficient (Wildman–Crippen LogP) is 6.51. The maximum atomic E-state index is 10.8. The molecule has 0 atom stereocenters. The zero-order valence-electron chi connectivity index (χ0n) is 18.4. The third kappa shape index (κ3) is 10.8. The minimum absolute atomic E-state index is 0.0769. The molecule has 0 aliphatic heterocycles. The summed E-state index contributed by atoms with van der Waals surface area (Å²) in [6.07, 6.45) is 7.90. The van der Waals surface area contributed by atoms with E-state index in [0.29, 0.717) is 19.5 Å². The molecule has 0 unspecified atom stereocenters. The molecule has 0 amide bonds. The molecule has 0 fully saturated rings. The Morgan fingerprint density at radius 3 is 2.29 bits per heavy atom. The second-order valence-corrected chi connectivity index (χ2v) is 10.5. The Kier molecular flexibility index (Phi) is 11.8. The van der Waals surface area contributed by atoms with E-state index in [0.717, 1.165) is 39.9 Å². The van der Waals surface area contributed by atoms with Crippen molar-refractivity contribution in [2.24, 2.45) is 0 Å². The summed E-state index contributed by atoms with van der Waals surface area (Å²) in [5.41, 5.74) is 3.39. The number of hydrogen-bond acceptors (Lipinski definition) is 3. The third-order valence-corrected chi connectivity index (χ3v) is 6.63. The van der Waals surface area contributed by atoms with Crippen LogP contribution in [0.1, 0.15) is 57.4 Å². The van der Waals surface area contributed by atoms with E-state index in [1.54, 1.807) is 0 Å². The molecule has 172 valence electrons. The van der Waals surface area contributed by atoms with Gasteiger partial charge in [-0.2, -0.15) is 0 Å². The molecule has 0 aliphatic rings. The molecule has 3 N–H and O–H groups in total. The van der Waals surface area contributed by atoms with E-state index in [4.69, 9.17) is 14.5 Å². The Labute approximate surface area is 194 Å². The maximum absolute atomic E-state index is 10.8. The molecular weight excluding hydrogens is 477 g/mol. The number of rotatable bonds is 15. The van der Waals surface area contributed by atoms with Crippen molar-refractivity contribution in [2.75, 3.05) is 19.3 Å². The lowest BCUT2D eigenvalue weighted by molar-refractivity contribution is 0.302. The summed E-state index contributed by atoms with van der Waals surface area (Å²) in [6, 6.07) is 14.5. The van der Waals surface area contributed by atoms with Gasteiger partial charge in [-0.3, -0.25) is 4.57 Å². The van der Waals surface area contributed by atoms with Crippen LogP contribution in [0.5, 0.6) is 5.75 Å². The van der Waals surface area contributed by atoms with E-state index in [1.807, 2.05) is 6.07 Å². The fourth-order valence-electron chi connectivity index (χ4n) is 3.32. The van der Waals surface area contributed by atoms with E-state index >= 15 is 0 Å². The van der Waals surface area contributed by atoms with Gasteiger partial charge in [-0.25, -0.2) is 0 Å². The predicted molar refractivity (Wildman–Crippen MR) is 132 cm³/mol. The number of hydrogen-bond donors (Lipinski definition) is 3. The number of halogens is 1. The molecule has 2 aromatic rings. The minimum atomic E-state index is -3.89.